The highest BCUT2D eigenvalue weighted by Crippen LogP contribution is 1.99. The highest BCUT2D eigenvalue weighted by Gasteiger charge is 2.20. The molecule has 0 aliphatic carbocycles. The average Bonchev–Trinajstić information content (AvgIpc) is 2.32. The molecule has 1 aromatic heterocycles. The third kappa shape index (κ3) is 1.63. The summed E-state index contributed by atoms with van der Waals surface area (Å²) in [7, 11) is 0. The Bertz CT molecular complexity index is 256. The van der Waals surface area contributed by atoms with Crippen LogP contribution in [-0.4, -0.2) is 15.1 Å². The van der Waals surface area contributed by atoms with Gasteiger partial charge < -0.3 is 0 Å². The highest BCUT2D eigenvalue weighted by atomic mass is 15.6. The van der Waals surface area contributed by atoms with Crippen LogP contribution < -0.4 is 4.68 Å². The van der Waals surface area contributed by atoms with Crippen molar-refractivity contribution in [3.05, 3.63) is 12.9 Å². The average molecular weight is 153 g/mol. The summed E-state index contributed by atoms with van der Waals surface area (Å²) in [5, 5.41) is 8.06. The third-order valence-corrected chi connectivity index (χ3v) is 1.32. The van der Waals surface area contributed by atoms with E-state index in [1.807, 2.05) is 0 Å². The van der Waals surface area contributed by atoms with Crippen LogP contribution in [0.5, 0.6) is 0 Å². The van der Waals surface area contributed by atoms with E-state index in [0.29, 0.717) is 0 Å². The van der Waals surface area contributed by atoms with Crippen molar-refractivity contribution in [2.75, 3.05) is 0 Å². The molecule has 0 aromatic carbocycles. The summed E-state index contributed by atoms with van der Waals surface area (Å²) in [6, 6.07) is 0. The Morgan fingerprint density at radius 1 is 1.55 bits per heavy atom. The fourth-order valence-corrected chi connectivity index (χ4v) is 0.638. The SMILES string of the molecule is C=Cn1nc[n+](C(C)(C)C)n1. The molecule has 4 nitrogen and oxygen atoms in total. The Morgan fingerprint density at radius 3 is 2.45 bits per heavy atom. The molecule has 0 atom stereocenters. The minimum atomic E-state index is -0.0126. The number of hydrogen-bond donors (Lipinski definition) is 0. The topological polar surface area (TPSA) is 34.6 Å². The second-order valence-corrected chi connectivity index (χ2v) is 3.34. The van der Waals surface area contributed by atoms with Gasteiger partial charge in [-0.15, -0.1) is 4.68 Å². The van der Waals surface area contributed by atoms with E-state index in [1.165, 1.54) is 4.80 Å². The first kappa shape index (κ1) is 7.91. The monoisotopic (exact) mass is 153 g/mol. The number of hydrogen-bond acceptors (Lipinski definition) is 2. The zero-order chi connectivity index (χ0) is 8.48. The lowest BCUT2D eigenvalue weighted by molar-refractivity contribution is -0.807. The number of rotatable bonds is 1. The van der Waals surface area contributed by atoms with Crippen LogP contribution in [0.3, 0.4) is 0 Å². The van der Waals surface area contributed by atoms with Crippen molar-refractivity contribution < 1.29 is 4.68 Å². The smallest absolute Gasteiger partial charge is 0.134 e. The maximum Gasteiger partial charge on any atom is 0.287 e. The van der Waals surface area contributed by atoms with E-state index in [2.05, 4.69) is 37.7 Å². The van der Waals surface area contributed by atoms with Crippen molar-refractivity contribution >= 4 is 6.20 Å². The molecule has 0 bridgehead atoms. The summed E-state index contributed by atoms with van der Waals surface area (Å²) in [6.07, 6.45) is 3.24. The summed E-state index contributed by atoms with van der Waals surface area (Å²) >= 11 is 0. The quantitative estimate of drug-likeness (QED) is 0.548. The number of nitrogens with zero attached hydrogens (tertiary/aromatic N) is 4. The summed E-state index contributed by atoms with van der Waals surface area (Å²) in [5.41, 5.74) is -0.0126. The summed E-state index contributed by atoms with van der Waals surface area (Å²) < 4.78 is 1.79. The van der Waals surface area contributed by atoms with E-state index >= 15 is 0 Å². The van der Waals surface area contributed by atoms with E-state index in [4.69, 9.17) is 0 Å². The van der Waals surface area contributed by atoms with Crippen molar-refractivity contribution in [1.82, 2.24) is 15.1 Å². The van der Waals surface area contributed by atoms with Crippen LogP contribution in [0.1, 0.15) is 20.8 Å². The molecule has 0 N–H and O–H groups in total. The van der Waals surface area contributed by atoms with Gasteiger partial charge in [-0.05, 0) is 20.8 Å². The minimum absolute atomic E-state index is 0.0126. The lowest BCUT2D eigenvalue weighted by Crippen LogP contribution is -2.51. The molecular weight excluding hydrogens is 140 g/mol. The molecule has 0 saturated carbocycles. The van der Waals surface area contributed by atoms with E-state index in [9.17, 15) is 0 Å². The molecule has 4 heteroatoms. The van der Waals surface area contributed by atoms with Crippen molar-refractivity contribution in [2.24, 2.45) is 0 Å². The zero-order valence-corrected chi connectivity index (χ0v) is 7.15. The Hall–Kier alpha value is -1.19. The van der Waals surface area contributed by atoms with Crippen LogP contribution in [0.15, 0.2) is 12.9 Å². The number of aromatic nitrogens is 4. The highest BCUT2D eigenvalue weighted by molar-refractivity contribution is 5.06. The molecule has 0 radical (unpaired) electrons. The van der Waals surface area contributed by atoms with Gasteiger partial charge in [0.05, 0.1) is 10.3 Å². The second-order valence-electron chi connectivity index (χ2n) is 3.34. The van der Waals surface area contributed by atoms with Gasteiger partial charge in [0.25, 0.3) is 6.33 Å². The van der Waals surface area contributed by atoms with Crippen molar-refractivity contribution in [1.29, 1.82) is 0 Å². The normalized spacial score (nSPS) is 11.5. The van der Waals surface area contributed by atoms with Crippen molar-refractivity contribution in [2.45, 2.75) is 26.3 Å². The molecule has 0 amide bonds. The standard InChI is InChI=1S/C7H13N4/c1-5-11-8-6-10(9-11)7(2,3)4/h5-6H,1H2,2-4H3/q+1. The van der Waals surface area contributed by atoms with Crippen LogP contribution in [0.4, 0.5) is 0 Å². The lowest BCUT2D eigenvalue weighted by atomic mass is 10.1. The molecule has 0 saturated heterocycles. The van der Waals surface area contributed by atoms with E-state index in [-0.39, 0.29) is 5.54 Å². The van der Waals surface area contributed by atoms with Gasteiger partial charge in [0, 0.05) is 4.80 Å². The van der Waals surface area contributed by atoms with Crippen LogP contribution in [0, 0.1) is 0 Å². The van der Waals surface area contributed by atoms with E-state index in [1.54, 1.807) is 17.2 Å². The largest absolute Gasteiger partial charge is 0.287 e. The van der Waals surface area contributed by atoms with Crippen molar-refractivity contribution in [3.8, 4) is 0 Å². The second kappa shape index (κ2) is 2.45. The van der Waals surface area contributed by atoms with E-state index in [0.717, 1.165) is 0 Å². The number of tetrazole rings is 1. The molecule has 1 heterocycles. The van der Waals surface area contributed by atoms with Gasteiger partial charge in [-0.1, -0.05) is 6.58 Å². The molecule has 60 valence electrons. The fourth-order valence-electron chi connectivity index (χ4n) is 0.638. The maximum absolute atomic E-state index is 4.10. The molecule has 0 unspecified atom stereocenters. The first-order valence-electron chi connectivity index (χ1n) is 3.51. The molecule has 1 aromatic rings. The van der Waals surface area contributed by atoms with Gasteiger partial charge in [0.1, 0.15) is 11.7 Å². The van der Waals surface area contributed by atoms with Crippen molar-refractivity contribution in [3.63, 3.8) is 0 Å². The van der Waals surface area contributed by atoms with Crippen LogP contribution >= 0.6 is 0 Å². The molecule has 0 spiro atoms. The first-order chi connectivity index (χ1) is 5.04. The molecule has 0 aliphatic rings. The Kier molecular flexibility index (Phi) is 1.76. The van der Waals surface area contributed by atoms with Gasteiger partial charge in [0.15, 0.2) is 0 Å². The summed E-state index contributed by atoms with van der Waals surface area (Å²) in [4.78, 5) is 1.44. The fraction of sp³-hybridized carbons (Fsp3) is 0.571. The maximum atomic E-state index is 4.10. The predicted octanol–water partition coefficient (Wildman–Crippen LogP) is 0.421. The Labute approximate surface area is 66.1 Å². The molecule has 1 rings (SSSR count). The van der Waals surface area contributed by atoms with Gasteiger partial charge in [-0.25, -0.2) is 0 Å². The predicted molar refractivity (Wildman–Crippen MR) is 41.6 cm³/mol. The van der Waals surface area contributed by atoms with Crippen LogP contribution in [0.2, 0.25) is 0 Å². The van der Waals surface area contributed by atoms with Crippen LogP contribution in [-0.2, 0) is 5.54 Å². The van der Waals surface area contributed by atoms with Gasteiger partial charge in [-0.2, -0.15) is 0 Å². The molecule has 0 aliphatic heterocycles. The summed E-state index contributed by atoms with van der Waals surface area (Å²) in [6.45, 7) is 9.74. The first-order valence-corrected chi connectivity index (χ1v) is 3.51. The van der Waals surface area contributed by atoms with Gasteiger partial charge in [0.2, 0.25) is 0 Å². The Balaban J connectivity index is 2.98. The summed E-state index contributed by atoms with van der Waals surface area (Å²) in [5.74, 6) is 0. The third-order valence-electron chi connectivity index (χ3n) is 1.32. The van der Waals surface area contributed by atoms with E-state index < -0.39 is 0 Å². The minimum Gasteiger partial charge on any atom is -0.134 e. The van der Waals surface area contributed by atoms with Gasteiger partial charge in [-0.3, -0.25) is 0 Å². The molecule has 0 fully saturated rings. The van der Waals surface area contributed by atoms with Gasteiger partial charge >= 0.3 is 0 Å². The lowest BCUT2D eigenvalue weighted by Gasteiger charge is -2.10. The molecular formula is C7H13N4+. The Morgan fingerprint density at radius 2 is 2.18 bits per heavy atom. The van der Waals surface area contributed by atoms with Crippen LogP contribution in [0.25, 0.3) is 6.20 Å². The molecule has 11 heavy (non-hydrogen) atoms. The zero-order valence-electron chi connectivity index (χ0n) is 7.15.